The van der Waals surface area contributed by atoms with Gasteiger partial charge in [-0.05, 0) is 13.0 Å². The van der Waals surface area contributed by atoms with Gasteiger partial charge >= 0.3 is 5.97 Å². The Morgan fingerprint density at radius 2 is 2.17 bits per heavy atom. The number of carbonyl (C=O) groups is 1. The molecule has 0 aliphatic rings. The Kier molecular flexibility index (Phi) is 6.76. The van der Waals surface area contributed by atoms with Crippen molar-refractivity contribution in [3.8, 4) is 0 Å². The van der Waals surface area contributed by atoms with Crippen LogP contribution in [0.4, 0.5) is 0 Å². The number of nitrogens with one attached hydrogen (secondary N) is 1. The van der Waals surface area contributed by atoms with Gasteiger partial charge < -0.3 is 10.1 Å². The highest BCUT2D eigenvalue weighted by Crippen LogP contribution is 1.97. The number of esters is 1. The van der Waals surface area contributed by atoms with Crippen molar-refractivity contribution < 1.29 is 9.53 Å². The molecule has 0 aromatic rings. The maximum absolute atomic E-state index is 11.1. The predicted molar refractivity (Wildman–Crippen MR) is 49.0 cm³/mol. The summed E-state index contributed by atoms with van der Waals surface area (Å²) in [6.07, 6.45) is 0.889. The lowest BCUT2D eigenvalue weighted by atomic mass is 10.2. The van der Waals surface area contributed by atoms with Crippen LogP contribution in [0.25, 0.3) is 0 Å². The Labute approximate surface area is 74.5 Å². The molecule has 72 valence electrons. The summed E-state index contributed by atoms with van der Waals surface area (Å²) in [6.45, 7) is 8.02. The van der Waals surface area contributed by atoms with Crippen molar-refractivity contribution >= 4 is 5.97 Å². The zero-order valence-corrected chi connectivity index (χ0v) is 8.22. The molecular weight excluding hydrogens is 154 g/mol. The quantitative estimate of drug-likeness (QED) is 0.613. The molecule has 0 radical (unpaired) electrons. The Bertz CT molecular complexity index is 126. The summed E-state index contributed by atoms with van der Waals surface area (Å²) < 4.78 is 4.97. The second-order valence-electron chi connectivity index (χ2n) is 2.88. The minimum absolute atomic E-state index is 0.0310. The van der Waals surface area contributed by atoms with E-state index in [9.17, 15) is 4.79 Å². The van der Waals surface area contributed by atoms with Gasteiger partial charge in [0, 0.05) is 6.54 Å². The molecule has 3 heteroatoms. The fourth-order valence-electron chi connectivity index (χ4n) is 0.789. The lowest BCUT2D eigenvalue weighted by Crippen LogP contribution is -2.27. The summed E-state index contributed by atoms with van der Waals surface area (Å²) in [6, 6.07) is 0. The van der Waals surface area contributed by atoms with Gasteiger partial charge in [0.05, 0.1) is 12.5 Å². The van der Waals surface area contributed by atoms with Crippen LogP contribution in [-0.4, -0.2) is 25.7 Å². The Morgan fingerprint density at radius 3 is 2.67 bits per heavy atom. The fourth-order valence-corrected chi connectivity index (χ4v) is 0.789. The van der Waals surface area contributed by atoms with Gasteiger partial charge in [-0.15, -0.1) is 0 Å². The van der Waals surface area contributed by atoms with Gasteiger partial charge in [-0.25, -0.2) is 0 Å². The van der Waals surface area contributed by atoms with Crippen molar-refractivity contribution in [2.24, 2.45) is 5.92 Å². The maximum Gasteiger partial charge on any atom is 0.309 e. The van der Waals surface area contributed by atoms with Crippen LogP contribution >= 0.6 is 0 Å². The van der Waals surface area contributed by atoms with E-state index in [-0.39, 0.29) is 11.9 Å². The molecule has 1 unspecified atom stereocenters. The molecule has 0 aliphatic heterocycles. The summed E-state index contributed by atoms with van der Waals surface area (Å²) in [4.78, 5) is 11.1. The molecule has 1 N–H and O–H groups in total. The molecule has 0 aromatic heterocycles. The third kappa shape index (κ3) is 5.13. The molecule has 0 aliphatic carbocycles. The van der Waals surface area contributed by atoms with Gasteiger partial charge in [-0.1, -0.05) is 20.8 Å². The van der Waals surface area contributed by atoms with E-state index < -0.39 is 0 Å². The van der Waals surface area contributed by atoms with Gasteiger partial charge in [0.15, 0.2) is 0 Å². The average molecular weight is 173 g/mol. The molecular formula is C9H19NO2. The largest absolute Gasteiger partial charge is 0.465 e. The number of rotatable bonds is 6. The standard InChI is InChI=1S/C9H19NO2/c1-4-6-12-9(11)8(3)7-10-5-2/h8,10H,4-7H2,1-3H3. The third-order valence-corrected chi connectivity index (χ3v) is 1.55. The highest BCUT2D eigenvalue weighted by Gasteiger charge is 2.12. The SMILES string of the molecule is CCCOC(=O)C(C)CNCC. The van der Waals surface area contributed by atoms with Gasteiger partial charge in [0.25, 0.3) is 0 Å². The minimum atomic E-state index is -0.0993. The molecule has 0 saturated carbocycles. The Hall–Kier alpha value is -0.570. The predicted octanol–water partition coefficient (Wildman–Crippen LogP) is 1.19. The molecule has 0 rings (SSSR count). The third-order valence-electron chi connectivity index (χ3n) is 1.55. The van der Waals surface area contributed by atoms with Crippen LogP contribution in [0, 0.1) is 5.92 Å². The van der Waals surface area contributed by atoms with Gasteiger partial charge in [0.1, 0.15) is 0 Å². The molecule has 0 fully saturated rings. The highest BCUT2D eigenvalue weighted by molar-refractivity contribution is 5.72. The van der Waals surface area contributed by atoms with Gasteiger partial charge in [-0.2, -0.15) is 0 Å². The summed E-state index contributed by atoms with van der Waals surface area (Å²) in [5.74, 6) is -0.130. The number of carbonyl (C=O) groups excluding carboxylic acids is 1. The average Bonchev–Trinajstić information content (AvgIpc) is 2.10. The first kappa shape index (κ1) is 11.4. The minimum Gasteiger partial charge on any atom is -0.465 e. The van der Waals surface area contributed by atoms with Crippen LogP contribution in [0.15, 0.2) is 0 Å². The van der Waals surface area contributed by atoms with Crippen LogP contribution in [0.3, 0.4) is 0 Å². The van der Waals surface area contributed by atoms with E-state index in [1.807, 2.05) is 20.8 Å². The van der Waals surface area contributed by atoms with E-state index in [1.54, 1.807) is 0 Å². The molecule has 0 heterocycles. The van der Waals surface area contributed by atoms with Crippen molar-refractivity contribution in [1.82, 2.24) is 5.32 Å². The summed E-state index contributed by atoms with van der Waals surface area (Å²) in [5.41, 5.74) is 0. The van der Waals surface area contributed by atoms with Crippen molar-refractivity contribution in [2.45, 2.75) is 27.2 Å². The molecule has 0 bridgehead atoms. The zero-order chi connectivity index (χ0) is 9.40. The normalized spacial score (nSPS) is 12.6. The molecule has 0 spiro atoms. The maximum atomic E-state index is 11.1. The number of ether oxygens (including phenoxy) is 1. The second-order valence-corrected chi connectivity index (χ2v) is 2.88. The summed E-state index contributed by atoms with van der Waals surface area (Å²) in [5, 5.41) is 3.10. The molecule has 3 nitrogen and oxygen atoms in total. The van der Waals surface area contributed by atoms with Gasteiger partial charge in [-0.3, -0.25) is 4.79 Å². The Morgan fingerprint density at radius 1 is 1.50 bits per heavy atom. The van der Waals surface area contributed by atoms with Crippen molar-refractivity contribution in [3.05, 3.63) is 0 Å². The van der Waals surface area contributed by atoms with Crippen LogP contribution < -0.4 is 5.32 Å². The zero-order valence-electron chi connectivity index (χ0n) is 8.22. The van der Waals surface area contributed by atoms with Crippen molar-refractivity contribution in [3.63, 3.8) is 0 Å². The first-order valence-electron chi connectivity index (χ1n) is 4.59. The first-order chi connectivity index (χ1) is 5.72. The first-order valence-corrected chi connectivity index (χ1v) is 4.59. The monoisotopic (exact) mass is 173 g/mol. The van der Waals surface area contributed by atoms with E-state index in [0.717, 1.165) is 13.0 Å². The lowest BCUT2D eigenvalue weighted by Gasteiger charge is -2.10. The van der Waals surface area contributed by atoms with Crippen molar-refractivity contribution in [2.75, 3.05) is 19.7 Å². The summed E-state index contributed by atoms with van der Waals surface area (Å²) in [7, 11) is 0. The molecule has 0 saturated heterocycles. The van der Waals surface area contributed by atoms with E-state index in [4.69, 9.17) is 4.74 Å². The molecule has 0 aromatic carbocycles. The topological polar surface area (TPSA) is 38.3 Å². The molecule has 12 heavy (non-hydrogen) atoms. The van der Waals surface area contributed by atoms with E-state index >= 15 is 0 Å². The molecule has 0 amide bonds. The van der Waals surface area contributed by atoms with E-state index in [1.165, 1.54) is 0 Å². The molecule has 1 atom stereocenters. The number of hydrogen-bond acceptors (Lipinski definition) is 3. The van der Waals surface area contributed by atoms with Crippen LogP contribution in [0.5, 0.6) is 0 Å². The lowest BCUT2D eigenvalue weighted by molar-refractivity contribution is -0.147. The van der Waals surface area contributed by atoms with E-state index in [0.29, 0.717) is 13.2 Å². The van der Waals surface area contributed by atoms with E-state index in [2.05, 4.69) is 5.32 Å². The summed E-state index contributed by atoms with van der Waals surface area (Å²) >= 11 is 0. The van der Waals surface area contributed by atoms with Crippen LogP contribution in [0.1, 0.15) is 27.2 Å². The van der Waals surface area contributed by atoms with Crippen LogP contribution in [-0.2, 0) is 9.53 Å². The van der Waals surface area contributed by atoms with Gasteiger partial charge in [0.2, 0.25) is 0 Å². The van der Waals surface area contributed by atoms with Crippen LogP contribution in [0.2, 0.25) is 0 Å². The smallest absolute Gasteiger partial charge is 0.309 e. The fraction of sp³-hybridized carbons (Fsp3) is 0.889. The second kappa shape index (κ2) is 7.10. The Balaban J connectivity index is 3.47. The highest BCUT2D eigenvalue weighted by atomic mass is 16.5. The van der Waals surface area contributed by atoms with Crippen molar-refractivity contribution in [1.29, 1.82) is 0 Å². The number of hydrogen-bond donors (Lipinski definition) is 1.